The number of aliphatic imine (C=N–C) groups is 1. The van der Waals surface area contributed by atoms with Crippen molar-refractivity contribution < 1.29 is 0 Å². The monoisotopic (exact) mass is 772 g/mol. The van der Waals surface area contributed by atoms with Gasteiger partial charge in [0.1, 0.15) is 0 Å². The second kappa shape index (κ2) is 14.8. The molecule has 0 atom stereocenters. The minimum atomic E-state index is -0.00161. The van der Waals surface area contributed by atoms with E-state index < -0.39 is 0 Å². The summed E-state index contributed by atoms with van der Waals surface area (Å²) in [5.74, 6) is 0. The van der Waals surface area contributed by atoms with E-state index in [-0.39, 0.29) is 5.41 Å². The van der Waals surface area contributed by atoms with E-state index in [4.69, 9.17) is 4.99 Å². The molecule has 2 heterocycles. The molecule has 0 radical (unpaired) electrons. The number of hydrogen-bond acceptors (Lipinski definition) is 1. The number of allylic oxidation sites excluding steroid dienone is 6. The third-order valence-corrected chi connectivity index (χ3v) is 13.8. The van der Waals surface area contributed by atoms with Crippen LogP contribution in [0.15, 0.2) is 187 Å². The summed E-state index contributed by atoms with van der Waals surface area (Å²) in [7, 11) is 0. The fourth-order valence-corrected chi connectivity index (χ4v) is 10.6. The Hall–Kier alpha value is -6.77. The van der Waals surface area contributed by atoms with Crippen molar-refractivity contribution in [1.29, 1.82) is 0 Å². The largest absolute Gasteiger partial charge is 0.313 e. The summed E-state index contributed by atoms with van der Waals surface area (Å²) in [6, 6.07) is 58.1. The molecule has 0 amide bonds. The maximum Gasteiger partial charge on any atom is 0.0537 e. The van der Waals surface area contributed by atoms with Crippen molar-refractivity contribution in [3.8, 4) is 22.3 Å². The van der Waals surface area contributed by atoms with Crippen molar-refractivity contribution in [2.75, 3.05) is 0 Å². The SMILES string of the molecule is CCC1(CC)C2=C(CCC(n3c4ccccc4c4ccccc43)=C2)c2ccc(/C=C/C3=NC=C(c4cc5ccccc5cc4-c4ccc(-c5ccccc5)cc4)CC3)cc21. The Morgan fingerprint density at radius 1 is 0.550 bits per heavy atom. The lowest BCUT2D eigenvalue weighted by molar-refractivity contribution is 0.485. The predicted octanol–water partition coefficient (Wildman–Crippen LogP) is 15.7. The number of benzene rings is 7. The summed E-state index contributed by atoms with van der Waals surface area (Å²) in [5.41, 5.74) is 19.9. The number of aromatic nitrogens is 1. The number of para-hydroxylation sites is 2. The Bertz CT molecular complexity index is 3090. The lowest BCUT2D eigenvalue weighted by Crippen LogP contribution is -2.25. The van der Waals surface area contributed by atoms with Crippen LogP contribution in [0.4, 0.5) is 0 Å². The first-order valence-electron chi connectivity index (χ1n) is 21.8. The molecule has 7 aromatic carbocycles. The number of nitrogens with zero attached hydrogens (tertiary/aromatic N) is 2. The number of rotatable bonds is 8. The van der Waals surface area contributed by atoms with Crippen LogP contribution < -0.4 is 0 Å². The van der Waals surface area contributed by atoms with Gasteiger partial charge in [0.15, 0.2) is 0 Å². The Morgan fingerprint density at radius 2 is 1.18 bits per heavy atom. The summed E-state index contributed by atoms with van der Waals surface area (Å²) < 4.78 is 2.54. The van der Waals surface area contributed by atoms with E-state index in [0.29, 0.717) is 0 Å². The van der Waals surface area contributed by atoms with Crippen molar-refractivity contribution in [2.45, 2.75) is 57.8 Å². The van der Waals surface area contributed by atoms with Gasteiger partial charge in [-0.3, -0.25) is 4.99 Å². The van der Waals surface area contributed by atoms with E-state index in [2.05, 4.69) is 201 Å². The third-order valence-electron chi connectivity index (χ3n) is 13.8. The highest BCUT2D eigenvalue weighted by Gasteiger charge is 2.43. The average molecular weight is 773 g/mol. The second-order valence-corrected chi connectivity index (χ2v) is 16.8. The van der Waals surface area contributed by atoms with E-state index in [0.717, 1.165) is 44.2 Å². The van der Waals surface area contributed by atoms with Gasteiger partial charge in [-0.2, -0.15) is 0 Å². The van der Waals surface area contributed by atoms with Gasteiger partial charge in [0, 0.05) is 33.8 Å². The Labute approximate surface area is 353 Å². The van der Waals surface area contributed by atoms with Crippen LogP contribution in [0.25, 0.3) is 77.8 Å². The topological polar surface area (TPSA) is 17.3 Å². The molecule has 0 saturated heterocycles. The molecule has 8 aromatic rings. The minimum Gasteiger partial charge on any atom is -0.313 e. The predicted molar refractivity (Wildman–Crippen MR) is 257 cm³/mol. The zero-order chi connectivity index (χ0) is 40.2. The van der Waals surface area contributed by atoms with Crippen LogP contribution in [0.5, 0.6) is 0 Å². The van der Waals surface area contributed by atoms with Crippen LogP contribution in [-0.2, 0) is 5.41 Å². The Kier molecular flexibility index (Phi) is 8.96. The van der Waals surface area contributed by atoms with Gasteiger partial charge in [-0.1, -0.05) is 153 Å². The highest BCUT2D eigenvalue weighted by atomic mass is 15.0. The first-order valence-corrected chi connectivity index (χ1v) is 21.8. The quantitative estimate of drug-likeness (QED) is 0.146. The molecule has 2 nitrogen and oxygen atoms in total. The van der Waals surface area contributed by atoms with Gasteiger partial charge in [0.25, 0.3) is 0 Å². The minimum absolute atomic E-state index is 0.00161. The Morgan fingerprint density at radius 3 is 1.87 bits per heavy atom. The zero-order valence-electron chi connectivity index (χ0n) is 34.5. The highest BCUT2D eigenvalue weighted by Crippen LogP contribution is 2.55. The maximum atomic E-state index is 5.09. The molecular formula is C58H48N2. The standard InChI is InChI=1S/C58H48N2/c1-3-58(4-2)54-34-39(23-32-48(54)49-33-31-47(37-55(49)58)60-56-20-12-10-18-50(56)51-19-11-13-21-57(51)60)22-29-46-30-28-45(38-59-46)53-36-44-17-9-8-16-43(44)35-52(53)42-26-24-41(25-27-42)40-14-6-5-7-15-40/h5-27,29,32,34-38H,3-4,28,30-31,33H2,1-2H3/b29-22+. The maximum absolute atomic E-state index is 5.09. The van der Waals surface area contributed by atoms with Gasteiger partial charge in [-0.15, -0.1) is 0 Å². The van der Waals surface area contributed by atoms with E-state index in [1.165, 1.54) is 93.9 Å². The summed E-state index contributed by atoms with van der Waals surface area (Å²) in [4.78, 5) is 5.09. The van der Waals surface area contributed by atoms with Crippen LogP contribution in [0.1, 0.15) is 74.6 Å². The first-order chi connectivity index (χ1) is 29.6. The van der Waals surface area contributed by atoms with E-state index >= 15 is 0 Å². The molecule has 0 N–H and O–H groups in total. The molecular weight excluding hydrogens is 725 g/mol. The molecule has 2 heteroatoms. The van der Waals surface area contributed by atoms with Crippen LogP contribution in [0, 0.1) is 0 Å². The molecule has 3 aliphatic rings. The van der Waals surface area contributed by atoms with Gasteiger partial charge in [0.05, 0.1) is 11.0 Å². The molecule has 60 heavy (non-hydrogen) atoms. The summed E-state index contributed by atoms with van der Waals surface area (Å²) in [6.07, 6.45) is 15.3. The summed E-state index contributed by atoms with van der Waals surface area (Å²) in [5, 5.41) is 5.17. The van der Waals surface area contributed by atoms with Crippen LogP contribution in [-0.4, -0.2) is 10.3 Å². The van der Waals surface area contributed by atoms with Gasteiger partial charge in [-0.25, -0.2) is 0 Å². The van der Waals surface area contributed by atoms with Gasteiger partial charge >= 0.3 is 0 Å². The fraction of sp³-hybridized carbons (Fsp3) is 0.155. The molecule has 290 valence electrons. The molecule has 2 aliphatic carbocycles. The van der Waals surface area contributed by atoms with Crippen molar-refractivity contribution >= 4 is 61.2 Å². The highest BCUT2D eigenvalue weighted by molar-refractivity contribution is 6.10. The van der Waals surface area contributed by atoms with E-state index in [1.807, 2.05) is 0 Å². The second-order valence-electron chi connectivity index (χ2n) is 16.8. The van der Waals surface area contributed by atoms with Crippen LogP contribution in [0.2, 0.25) is 0 Å². The zero-order valence-corrected chi connectivity index (χ0v) is 34.5. The molecule has 0 unspecified atom stereocenters. The summed E-state index contributed by atoms with van der Waals surface area (Å²) in [6.45, 7) is 4.77. The van der Waals surface area contributed by atoms with E-state index in [9.17, 15) is 0 Å². The summed E-state index contributed by atoms with van der Waals surface area (Å²) >= 11 is 0. The molecule has 1 aliphatic heterocycles. The smallest absolute Gasteiger partial charge is 0.0537 e. The average Bonchev–Trinajstić information content (AvgIpc) is 3.80. The van der Waals surface area contributed by atoms with Crippen molar-refractivity contribution in [3.05, 3.63) is 204 Å². The Balaban J connectivity index is 0.896. The van der Waals surface area contributed by atoms with Gasteiger partial charge < -0.3 is 4.57 Å². The normalized spacial score (nSPS) is 16.0. The molecule has 11 rings (SSSR count). The van der Waals surface area contributed by atoms with Crippen molar-refractivity contribution in [2.24, 2.45) is 4.99 Å². The number of hydrogen-bond donors (Lipinski definition) is 0. The molecule has 0 fully saturated rings. The van der Waals surface area contributed by atoms with Gasteiger partial charge in [0.2, 0.25) is 0 Å². The lowest BCUT2D eigenvalue weighted by atomic mass is 9.71. The molecule has 0 saturated carbocycles. The fourth-order valence-electron chi connectivity index (χ4n) is 10.6. The van der Waals surface area contributed by atoms with Crippen molar-refractivity contribution in [3.63, 3.8) is 0 Å². The number of fused-ring (bicyclic) bond motifs is 6. The van der Waals surface area contributed by atoms with E-state index in [1.54, 1.807) is 5.57 Å². The van der Waals surface area contributed by atoms with Crippen LogP contribution >= 0.6 is 0 Å². The first kappa shape index (κ1) is 36.3. The lowest BCUT2D eigenvalue weighted by Gasteiger charge is -2.32. The third kappa shape index (κ3) is 5.96. The molecule has 0 bridgehead atoms. The molecule has 0 spiro atoms. The van der Waals surface area contributed by atoms with Crippen molar-refractivity contribution in [1.82, 2.24) is 4.57 Å². The van der Waals surface area contributed by atoms with Crippen LogP contribution in [0.3, 0.4) is 0 Å². The van der Waals surface area contributed by atoms with Gasteiger partial charge in [-0.05, 0) is 147 Å². The molecule has 1 aromatic heterocycles.